The van der Waals surface area contributed by atoms with Crippen LogP contribution in [0.5, 0.6) is 0 Å². The number of hydrogen-bond donors (Lipinski definition) is 5. The van der Waals surface area contributed by atoms with E-state index in [1.165, 1.54) is 5.71 Å². The number of carbonyl (C=O) groups excluding carboxylic acids is 1. The average molecular weight is 542 g/mol. The van der Waals surface area contributed by atoms with Gasteiger partial charge in [0.25, 0.3) is 0 Å². The van der Waals surface area contributed by atoms with Crippen LogP contribution in [0.15, 0.2) is 4.99 Å². The van der Waals surface area contributed by atoms with Crippen LogP contribution in [0, 0.1) is 11.8 Å². The van der Waals surface area contributed by atoms with Gasteiger partial charge in [0.05, 0.1) is 42.6 Å². The van der Waals surface area contributed by atoms with Crippen LogP contribution in [0.1, 0.15) is 85.5 Å². The molecule has 1 saturated heterocycles. The molecular weight excluding hydrogens is 494 g/mol. The molecule has 9 nitrogen and oxygen atoms in total. The van der Waals surface area contributed by atoms with E-state index in [2.05, 4.69) is 28.0 Å². The number of halogens is 1. The highest BCUT2D eigenvalue weighted by atomic mass is 35.5. The summed E-state index contributed by atoms with van der Waals surface area (Å²) in [6.07, 6.45) is 7.04. The van der Waals surface area contributed by atoms with E-state index in [1.54, 1.807) is 13.8 Å². The van der Waals surface area contributed by atoms with Gasteiger partial charge in [-0.15, -0.1) is 11.6 Å². The van der Waals surface area contributed by atoms with Crippen molar-refractivity contribution in [2.24, 2.45) is 16.8 Å². The highest BCUT2D eigenvalue weighted by Crippen LogP contribution is 2.42. The lowest BCUT2D eigenvalue weighted by atomic mass is 9.72. The number of nitrogens with zero attached hydrogens (tertiary/aromatic N) is 2. The second kappa shape index (κ2) is 12.6. The Kier molecular flexibility index (Phi) is 9.92. The molecule has 2 aliphatic heterocycles. The number of fused-ring (bicyclic) bond motifs is 3. The smallest absolute Gasteiger partial charge is 0.222 e. The first-order chi connectivity index (χ1) is 17.6. The van der Waals surface area contributed by atoms with Crippen LogP contribution in [0.4, 0.5) is 0 Å². The van der Waals surface area contributed by atoms with Crippen molar-refractivity contribution in [3.8, 4) is 0 Å². The number of amides is 1. The van der Waals surface area contributed by atoms with E-state index in [0.29, 0.717) is 38.0 Å². The van der Waals surface area contributed by atoms with Crippen LogP contribution in [0.2, 0.25) is 0 Å². The summed E-state index contributed by atoms with van der Waals surface area (Å²) in [5.41, 5.74) is 7.00. The van der Waals surface area contributed by atoms with Gasteiger partial charge in [0.1, 0.15) is 0 Å². The van der Waals surface area contributed by atoms with E-state index in [1.807, 2.05) is 6.92 Å². The van der Waals surface area contributed by atoms with Crippen LogP contribution >= 0.6 is 11.6 Å². The van der Waals surface area contributed by atoms with Crippen molar-refractivity contribution in [2.75, 3.05) is 13.2 Å². The molecule has 0 aromatic carbocycles. The maximum absolute atomic E-state index is 12.7. The van der Waals surface area contributed by atoms with Gasteiger partial charge in [0.2, 0.25) is 5.91 Å². The summed E-state index contributed by atoms with van der Waals surface area (Å²) >= 11 is 6.48. The molecule has 0 bridgehead atoms. The van der Waals surface area contributed by atoms with Gasteiger partial charge >= 0.3 is 0 Å². The topological polar surface area (TPSA) is 118 Å². The Hall–Kier alpha value is -0.810. The summed E-state index contributed by atoms with van der Waals surface area (Å²) < 4.78 is 6.29. The lowest BCUT2D eigenvalue weighted by molar-refractivity contribution is -0.121. The third kappa shape index (κ3) is 7.04. The Morgan fingerprint density at radius 2 is 1.97 bits per heavy atom. The van der Waals surface area contributed by atoms with Crippen LogP contribution in [0.3, 0.4) is 0 Å². The number of aliphatic hydroxyl groups excluding tert-OH is 1. The van der Waals surface area contributed by atoms with Crippen LogP contribution in [0.25, 0.3) is 0 Å². The number of carbonyl (C=O) groups is 1. The minimum Gasteiger partial charge on any atom is -0.390 e. The molecule has 0 radical (unpaired) electrons. The molecule has 5 N–H and O–H groups in total. The molecule has 0 aromatic rings. The number of ether oxygens (including phenoxy) is 1. The van der Waals surface area contributed by atoms with Crippen molar-refractivity contribution in [1.82, 2.24) is 21.1 Å². The summed E-state index contributed by atoms with van der Waals surface area (Å²) in [6.45, 7) is 8.41. The lowest BCUT2D eigenvalue weighted by Crippen LogP contribution is -2.55. The van der Waals surface area contributed by atoms with Crippen LogP contribution in [-0.2, 0) is 9.53 Å². The van der Waals surface area contributed by atoms with E-state index < -0.39 is 11.7 Å². The average Bonchev–Trinajstić information content (AvgIpc) is 3.16. The minimum atomic E-state index is -1.14. The molecule has 4 aliphatic rings. The zero-order valence-corrected chi connectivity index (χ0v) is 23.7. The molecule has 2 aliphatic carbocycles. The van der Waals surface area contributed by atoms with Gasteiger partial charge in [-0.25, -0.2) is 10.9 Å². The molecule has 3 fully saturated rings. The first kappa shape index (κ1) is 29.2. The molecule has 1 amide bonds. The van der Waals surface area contributed by atoms with E-state index in [9.17, 15) is 15.0 Å². The van der Waals surface area contributed by atoms with E-state index in [0.717, 1.165) is 44.9 Å². The normalized spacial score (nSPS) is 37.8. The van der Waals surface area contributed by atoms with Crippen LogP contribution < -0.4 is 16.2 Å². The molecule has 0 spiro atoms. The number of alkyl halides is 1. The number of nitrogens with one attached hydrogen (secondary N) is 3. The van der Waals surface area contributed by atoms with Gasteiger partial charge in [-0.3, -0.25) is 14.7 Å². The van der Waals surface area contributed by atoms with Crippen molar-refractivity contribution in [1.29, 1.82) is 0 Å². The molecule has 2 saturated carbocycles. The van der Waals surface area contributed by atoms with Gasteiger partial charge in [0, 0.05) is 36.2 Å². The summed E-state index contributed by atoms with van der Waals surface area (Å²) in [7, 11) is 0. The lowest BCUT2D eigenvalue weighted by Gasteiger charge is -2.44. The summed E-state index contributed by atoms with van der Waals surface area (Å²) in [5.74, 6) is 0.678. The third-order valence-corrected chi connectivity index (χ3v) is 9.26. The van der Waals surface area contributed by atoms with Crippen molar-refractivity contribution < 1.29 is 19.7 Å². The number of rotatable bonds is 9. The number of aliphatic imine (C=N–C) groups is 1. The standard InChI is InChI=1S/C27H48ClN5O4/c1-5-29-24(35)15-21-26-32-31-16(2)33(26)22-11-10-19(37-13-12-23(34)27(3,4)36)14-20(22)25(30-21)17-6-8-18(28)9-7-17/h16-23,26,31-32,34,36H,5-15H2,1-4H3,(H,29,35)/t16?,17?,18?,19?,20?,21-,22?,23?,26?/m0/s1. The van der Waals surface area contributed by atoms with Crippen molar-refractivity contribution in [3.63, 3.8) is 0 Å². The largest absolute Gasteiger partial charge is 0.390 e. The van der Waals surface area contributed by atoms with E-state index >= 15 is 0 Å². The Morgan fingerprint density at radius 1 is 1.24 bits per heavy atom. The highest BCUT2D eigenvalue weighted by molar-refractivity contribution is 6.20. The zero-order chi connectivity index (χ0) is 26.7. The highest BCUT2D eigenvalue weighted by Gasteiger charge is 2.50. The van der Waals surface area contributed by atoms with E-state index in [4.69, 9.17) is 21.3 Å². The predicted molar refractivity (Wildman–Crippen MR) is 145 cm³/mol. The van der Waals surface area contributed by atoms with Crippen LogP contribution in [-0.4, -0.2) is 87.5 Å². The number of hydrazine groups is 1. The second-order valence-electron chi connectivity index (χ2n) is 12.0. The van der Waals surface area contributed by atoms with Crippen molar-refractivity contribution >= 4 is 23.2 Å². The van der Waals surface area contributed by atoms with Gasteiger partial charge < -0.3 is 20.3 Å². The first-order valence-electron chi connectivity index (χ1n) is 14.4. The second-order valence-corrected chi connectivity index (χ2v) is 12.6. The van der Waals surface area contributed by atoms with Crippen molar-refractivity contribution in [3.05, 3.63) is 0 Å². The zero-order valence-electron chi connectivity index (χ0n) is 23.0. The summed E-state index contributed by atoms with van der Waals surface area (Å²) in [4.78, 5) is 20.7. The molecule has 10 heteroatoms. The first-order valence-corrected chi connectivity index (χ1v) is 14.8. The Morgan fingerprint density at radius 3 is 2.65 bits per heavy atom. The molecule has 2 heterocycles. The number of hydrogen-bond acceptors (Lipinski definition) is 8. The van der Waals surface area contributed by atoms with Crippen molar-refractivity contribution in [2.45, 2.75) is 133 Å². The Labute approximate surface area is 227 Å². The maximum atomic E-state index is 12.7. The number of aliphatic hydroxyl groups is 2. The van der Waals surface area contributed by atoms with Gasteiger partial charge in [-0.05, 0) is 85.0 Å². The Bertz CT molecular complexity index is 800. The maximum Gasteiger partial charge on any atom is 0.222 e. The van der Waals surface area contributed by atoms with Gasteiger partial charge in [-0.2, -0.15) is 0 Å². The molecule has 6 unspecified atom stereocenters. The minimum absolute atomic E-state index is 0.0358. The molecule has 212 valence electrons. The monoisotopic (exact) mass is 541 g/mol. The molecule has 4 rings (SSSR count). The van der Waals surface area contributed by atoms with E-state index in [-0.39, 0.29) is 41.7 Å². The summed E-state index contributed by atoms with van der Waals surface area (Å²) in [5, 5.41) is 23.5. The molecular formula is C27H48ClN5O4. The third-order valence-electron chi connectivity index (χ3n) is 8.82. The fourth-order valence-corrected chi connectivity index (χ4v) is 7.01. The predicted octanol–water partition coefficient (Wildman–Crippen LogP) is 2.29. The quantitative estimate of drug-likeness (QED) is 0.284. The fourth-order valence-electron chi connectivity index (χ4n) is 6.76. The fraction of sp³-hybridized carbons (Fsp3) is 0.926. The molecule has 7 atom stereocenters. The van der Waals surface area contributed by atoms with Gasteiger partial charge in [0.15, 0.2) is 0 Å². The molecule has 0 aromatic heterocycles. The summed E-state index contributed by atoms with van der Waals surface area (Å²) in [6, 6.07) is 0.149. The Balaban J connectivity index is 1.57. The molecule has 37 heavy (non-hydrogen) atoms. The SMILES string of the molecule is CCNC(=O)C[C@@H]1N=C(C2CCC(Cl)CC2)C2CC(OCCC(O)C(C)(C)O)CCC2N2C(C)NNC12. The van der Waals surface area contributed by atoms with Gasteiger partial charge in [-0.1, -0.05) is 0 Å².